The molecule has 0 unspecified atom stereocenters. The zero-order valence-corrected chi connectivity index (χ0v) is 80.2. The van der Waals surface area contributed by atoms with Gasteiger partial charge in [-0.15, -0.1) is 0 Å². The van der Waals surface area contributed by atoms with Crippen LogP contribution in [0.25, 0.3) is 22.8 Å². The monoisotopic (exact) mass is 1890 g/mol. The highest BCUT2D eigenvalue weighted by Crippen LogP contribution is 2.53. The molecule has 5 aliphatic carbocycles. The van der Waals surface area contributed by atoms with Crippen molar-refractivity contribution in [1.29, 1.82) is 5.26 Å². The Morgan fingerprint density at radius 3 is 1.05 bits per heavy atom. The van der Waals surface area contributed by atoms with Crippen molar-refractivity contribution in [2.75, 3.05) is 139 Å². The van der Waals surface area contributed by atoms with Crippen molar-refractivity contribution in [1.82, 2.24) is 85.0 Å². The van der Waals surface area contributed by atoms with E-state index in [2.05, 4.69) is 245 Å². The molecular weight excluding hydrogens is 1770 g/mol. The van der Waals surface area contributed by atoms with E-state index in [1.807, 2.05) is 35.2 Å². The van der Waals surface area contributed by atoms with Gasteiger partial charge in [0.2, 0.25) is 27.7 Å². The Morgan fingerprint density at radius 1 is 0.428 bits per heavy atom. The van der Waals surface area contributed by atoms with Gasteiger partial charge in [-0.1, -0.05) is 146 Å². The number of nitrogens with one attached hydrogen (secondary N) is 4. The number of rotatable bonds is 19. The van der Waals surface area contributed by atoms with E-state index >= 15 is 0 Å². The van der Waals surface area contributed by atoms with Crippen LogP contribution in [-0.2, 0) is 38.4 Å². The highest BCUT2D eigenvalue weighted by molar-refractivity contribution is 7.88. The van der Waals surface area contributed by atoms with Crippen LogP contribution in [0.4, 0.5) is 61.0 Å². The second kappa shape index (κ2) is 39.1. The van der Waals surface area contributed by atoms with Gasteiger partial charge in [0, 0.05) is 71.6 Å². The number of nitrogens with zero attached hydrogens (tertiary/aromatic N) is 19. The molecule has 10 fully saturated rings. The lowest BCUT2D eigenvalue weighted by Gasteiger charge is -2.50. The average molecular weight is 1900 g/mol. The zero-order valence-electron chi connectivity index (χ0n) is 79.4. The summed E-state index contributed by atoms with van der Waals surface area (Å²) < 4.78 is 63.4. The maximum atomic E-state index is 13.0. The number of nitriles is 1. The first kappa shape index (κ1) is 96.7. The Kier molecular flexibility index (Phi) is 27.4. The number of amides is 9. The van der Waals surface area contributed by atoms with Crippen molar-refractivity contribution < 1.29 is 45.6 Å². The molecule has 10 aromatic rings. The molecule has 0 atom stereocenters. The third kappa shape index (κ3) is 20.1. The molecule has 31 nitrogen and oxygen atoms in total. The first-order chi connectivity index (χ1) is 66.1. The van der Waals surface area contributed by atoms with E-state index in [9.17, 15) is 45.6 Å². The lowest BCUT2D eigenvalue weighted by Crippen LogP contribution is -2.55. The summed E-state index contributed by atoms with van der Waals surface area (Å²) in [5, 5.41) is 22.1. The number of urea groups is 4. The lowest BCUT2D eigenvalue weighted by molar-refractivity contribution is -0.145. The topological polar surface area (TPSA) is 353 Å². The van der Waals surface area contributed by atoms with Crippen LogP contribution in [0.5, 0.6) is 0 Å². The van der Waals surface area contributed by atoms with Crippen LogP contribution < -0.4 is 51.5 Å². The fourth-order valence-electron chi connectivity index (χ4n) is 22.3. The summed E-state index contributed by atoms with van der Waals surface area (Å²) in [5.74, 6) is 0.629. The van der Waals surface area contributed by atoms with Crippen molar-refractivity contribution in [3.63, 3.8) is 0 Å². The molecule has 4 spiro atoms. The minimum atomic E-state index is -4.61. The summed E-state index contributed by atoms with van der Waals surface area (Å²) >= 11 is 0. The van der Waals surface area contributed by atoms with Gasteiger partial charge in [0.15, 0.2) is 11.6 Å². The van der Waals surface area contributed by atoms with Crippen molar-refractivity contribution >= 4 is 68.8 Å². The molecule has 4 aromatic heterocycles. The summed E-state index contributed by atoms with van der Waals surface area (Å²) in [5.41, 5.74) is 14.1. The zero-order chi connectivity index (χ0) is 97.2. The number of nitrogens with two attached hydrogens (primary N) is 1. The van der Waals surface area contributed by atoms with Crippen LogP contribution in [0.1, 0.15) is 160 Å². The molecule has 138 heavy (non-hydrogen) atoms. The lowest BCUT2D eigenvalue weighted by atomic mass is 9.68. The molecule has 20 rings (SSSR count). The minimum absolute atomic E-state index is 0.0205. The first-order valence-electron chi connectivity index (χ1n) is 47.4. The SMILES string of the molecule is CN(C)C1(c2ccccc2)CCC2(CC1)CN(c1cnc(-c3cccc(C#N)c3)nc1)C(=O)N2.CN(C)C1(c2ccccc2)CCC2(CC1)CN(c1cnc(-c3cccc(C(N)=O)c3)nc1)C(=O)N2.CN(C)C1(c2ccccc2)CCC2(CC1)CN(c1cnc(N3CCN(S(C)(=O)=O)CC3)nc1)C(=O)N2.CN(CC1CC1)C1(c2ccccc2)CCC2(CC1)CN(c1cnc(C(F)(F)F)nc1)C(=O)N2. The second-order valence-electron chi connectivity index (χ2n) is 39.6. The normalized spacial score (nSPS) is 26.0. The number of anilines is 5. The molecule has 0 bridgehead atoms. The molecule has 9 amide bonds. The molecule has 10 aliphatic rings. The van der Waals surface area contributed by atoms with Crippen molar-refractivity contribution in [3.05, 3.63) is 259 Å². The molecule has 5 aliphatic heterocycles. The third-order valence-corrected chi connectivity index (χ3v) is 32.2. The third-order valence-electron chi connectivity index (χ3n) is 30.9. The van der Waals surface area contributed by atoms with E-state index < -0.39 is 33.5 Å². The van der Waals surface area contributed by atoms with Crippen LogP contribution in [0.3, 0.4) is 0 Å². The Labute approximate surface area is 804 Å². The summed E-state index contributed by atoms with van der Waals surface area (Å²) in [6, 6.07) is 58.2. The Morgan fingerprint density at radius 2 is 0.739 bits per heavy atom. The Balaban J connectivity index is 0.000000127. The number of aromatic nitrogens is 8. The maximum Gasteiger partial charge on any atom is 0.451 e. The van der Waals surface area contributed by atoms with Gasteiger partial charge in [0.05, 0.1) is 139 Å². The van der Waals surface area contributed by atoms with E-state index in [1.54, 1.807) is 82.2 Å². The predicted octanol–water partition coefficient (Wildman–Crippen LogP) is 14.3. The summed E-state index contributed by atoms with van der Waals surface area (Å²) in [4.78, 5) is 115. The van der Waals surface area contributed by atoms with Crippen molar-refractivity contribution in [2.45, 2.75) is 166 Å². The smallest absolute Gasteiger partial charge is 0.366 e. The highest BCUT2D eigenvalue weighted by Gasteiger charge is 2.56. The van der Waals surface area contributed by atoms with Gasteiger partial charge in [-0.3, -0.25) is 44.0 Å². The number of carbonyl (C=O) groups excluding carboxylic acids is 5. The van der Waals surface area contributed by atoms with Gasteiger partial charge < -0.3 is 31.9 Å². The number of carbonyl (C=O) groups is 5. The quantitative estimate of drug-likeness (QED) is 0.0502. The van der Waals surface area contributed by atoms with Crippen LogP contribution in [-0.4, -0.2) is 239 Å². The molecule has 9 heterocycles. The highest BCUT2D eigenvalue weighted by atomic mass is 32.2. The number of hydrogen-bond donors (Lipinski definition) is 5. The maximum absolute atomic E-state index is 13.0. The van der Waals surface area contributed by atoms with E-state index in [0.29, 0.717) is 104 Å². The van der Waals surface area contributed by atoms with Gasteiger partial charge in [0.25, 0.3) is 0 Å². The van der Waals surface area contributed by atoms with Crippen LogP contribution in [0.2, 0.25) is 0 Å². The Bertz CT molecular complexity index is 6150. The van der Waals surface area contributed by atoms with Crippen molar-refractivity contribution in [2.24, 2.45) is 11.7 Å². The number of benzene rings is 6. The minimum Gasteiger partial charge on any atom is -0.366 e. The van der Waals surface area contributed by atoms with Crippen LogP contribution in [0.15, 0.2) is 219 Å². The first-order valence-corrected chi connectivity index (χ1v) is 49.3. The average Bonchev–Trinajstić information content (AvgIpc) is 1.56. The summed E-state index contributed by atoms with van der Waals surface area (Å²) in [6.07, 6.45) is 26.0. The molecule has 5 saturated heterocycles. The van der Waals surface area contributed by atoms with E-state index in [-0.39, 0.29) is 68.6 Å². The number of piperazine rings is 1. The van der Waals surface area contributed by atoms with Crippen molar-refractivity contribution in [3.8, 4) is 28.8 Å². The van der Waals surface area contributed by atoms with Gasteiger partial charge in [-0.2, -0.15) is 22.7 Å². The van der Waals surface area contributed by atoms with Gasteiger partial charge in [0.1, 0.15) is 0 Å². The van der Waals surface area contributed by atoms with Crippen LogP contribution >= 0.6 is 0 Å². The van der Waals surface area contributed by atoms with Gasteiger partial charge >= 0.3 is 30.3 Å². The molecule has 6 N–H and O–H groups in total. The summed E-state index contributed by atoms with van der Waals surface area (Å²) in [6.45, 7) is 5.17. The van der Waals surface area contributed by atoms with Crippen LogP contribution in [0, 0.1) is 17.2 Å². The van der Waals surface area contributed by atoms with Gasteiger partial charge in [-0.25, -0.2) is 67.5 Å². The molecule has 722 valence electrons. The largest absolute Gasteiger partial charge is 0.451 e. The number of halogens is 3. The molecule has 0 radical (unpaired) electrons. The number of alkyl halides is 3. The predicted molar refractivity (Wildman–Crippen MR) is 523 cm³/mol. The fourth-order valence-corrected chi connectivity index (χ4v) is 23.1. The van der Waals surface area contributed by atoms with E-state index in [4.69, 9.17) is 11.0 Å². The molecule has 6 aromatic carbocycles. The number of primary amides is 1. The fraction of sp³-hybridized carbons (Fsp3) is 0.437. The van der Waals surface area contributed by atoms with E-state index in [1.165, 1.54) is 50.6 Å². The van der Waals surface area contributed by atoms with E-state index in [0.717, 1.165) is 133 Å². The molecular formula is C103H121F3N24O7S. The molecule has 5 saturated carbocycles. The summed E-state index contributed by atoms with van der Waals surface area (Å²) in [7, 11) is 11.9. The number of sulfonamides is 1. The standard InChI is InChI=1S/C27H30N6O2.C27H28N6O.C25H35N7O3S.C24H28F3N5O/c1-32(2)27(21-9-4-3-5-10-21)13-11-26(12-14-27)18-33(25(35)31-26)22-16-29-24(30-17-22)20-8-6-7-19(15-20)23(28)34;1-32(2)27(22-9-4-3-5-10-22)13-11-26(12-14-27)19-33(25(34)31-26)23-17-29-24(30-18-23)21-8-6-7-20(15-21)16-28;1-29(2)25(20-7-5-4-6-8-20)11-9-24(10-12-25)19-32(23(33)28-24)21-17-26-22(27-18-21)30-13-15-31(16-14-30)36(3,34)35;1-31(15-17-7-8-17)23(18-5-3-2-4-6-18)11-9-22(10-12-23)16-32(21(33)30-22)19-13-28-20(29-14-19)24(25,26)27/h3-10,15-17H,11-14,18H2,1-2H3,(H2,28,34)(H,31,35);3-10,15,17-18H,11-14,19H2,1-2H3,(H,31,34);4-8,17-18H,9-16,19H2,1-3H3,(H,28,33);2-6,13-14,17H,7-12,15-16H2,1H3,(H,30,33). The second-order valence-corrected chi connectivity index (χ2v) is 41.6. The molecule has 35 heteroatoms. The number of hydrogen-bond acceptors (Lipinski definition) is 21. The Hall–Kier alpha value is -13.0. The van der Waals surface area contributed by atoms with Gasteiger partial charge in [-0.05, 0) is 217 Å².